The predicted octanol–water partition coefficient (Wildman–Crippen LogP) is 2.19. The first-order valence-electron chi connectivity index (χ1n) is 7.30. The largest absolute Gasteiger partial charge is 0.417 e. The maximum Gasteiger partial charge on any atom is 0.417 e. The maximum atomic E-state index is 12.6. The Kier molecular flexibility index (Phi) is 3.38. The molecule has 23 heavy (non-hydrogen) atoms. The van der Waals surface area contributed by atoms with E-state index in [2.05, 4.69) is 15.3 Å². The van der Waals surface area contributed by atoms with Crippen LogP contribution >= 0.6 is 11.3 Å². The molecule has 118 valence electrons. The number of carbonyl (C=O) groups is 1. The highest BCUT2D eigenvalue weighted by atomic mass is 32.1. The highest BCUT2D eigenvalue weighted by molar-refractivity contribution is 7.13. The van der Waals surface area contributed by atoms with E-state index in [0.29, 0.717) is 16.8 Å². The van der Waals surface area contributed by atoms with Crippen LogP contribution in [0.25, 0.3) is 11.1 Å². The quantitative estimate of drug-likeness (QED) is 0.768. The van der Waals surface area contributed by atoms with Crippen LogP contribution in [0.3, 0.4) is 0 Å². The molecule has 1 aromatic carbocycles. The first kappa shape index (κ1) is 14.0. The Balaban J connectivity index is 1.55. The van der Waals surface area contributed by atoms with Gasteiger partial charge in [-0.3, -0.25) is 9.78 Å². The van der Waals surface area contributed by atoms with Crippen molar-refractivity contribution in [2.45, 2.75) is 18.9 Å². The number of hydrogen-bond donors (Lipinski definition) is 2. The summed E-state index contributed by atoms with van der Waals surface area (Å²) < 4.78 is 4.95. The number of nitrogens with zero attached hydrogens (tertiary/aromatic N) is 2. The number of oxazole rings is 1. The number of carbonyl (C=O) groups excluding carboxylic acids is 1. The molecule has 4 rings (SSSR count). The van der Waals surface area contributed by atoms with Gasteiger partial charge in [0.15, 0.2) is 10.7 Å². The number of benzene rings is 1. The minimum absolute atomic E-state index is 0.0668. The molecule has 1 amide bonds. The fourth-order valence-electron chi connectivity index (χ4n) is 2.88. The van der Waals surface area contributed by atoms with Gasteiger partial charge in [0, 0.05) is 23.8 Å². The van der Waals surface area contributed by atoms with Gasteiger partial charge in [0.25, 0.3) is 0 Å². The number of amides is 1. The minimum atomic E-state index is -0.505. The number of thiazole rings is 1. The summed E-state index contributed by atoms with van der Waals surface area (Å²) in [4.78, 5) is 32.7. The van der Waals surface area contributed by atoms with Crippen LogP contribution in [0.4, 0.5) is 10.8 Å². The van der Waals surface area contributed by atoms with Crippen LogP contribution in [0.1, 0.15) is 12.8 Å². The van der Waals surface area contributed by atoms with Crippen LogP contribution in [0, 0.1) is 0 Å². The first-order chi connectivity index (χ1) is 11.2. The van der Waals surface area contributed by atoms with Crippen molar-refractivity contribution in [2.24, 2.45) is 0 Å². The Hall–Kier alpha value is -2.61. The molecule has 2 N–H and O–H groups in total. The van der Waals surface area contributed by atoms with Crippen molar-refractivity contribution in [1.82, 2.24) is 9.97 Å². The Bertz CT molecular complexity index is 899. The average molecular weight is 330 g/mol. The summed E-state index contributed by atoms with van der Waals surface area (Å²) in [7, 11) is 0. The third kappa shape index (κ3) is 2.61. The lowest BCUT2D eigenvalue weighted by Crippen LogP contribution is -2.39. The van der Waals surface area contributed by atoms with Crippen LogP contribution in [-0.4, -0.2) is 28.5 Å². The number of rotatable bonds is 3. The number of aromatic amines is 1. The highest BCUT2D eigenvalue weighted by Crippen LogP contribution is 2.28. The van der Waals surface area contributed by atoms with Gasteiger partial charge in [-0.25, -0.2) is 9.78 Å². The zero-order valence-electron chi connectivity index (χ0n) is 12.1. The molecule has 0 aliphatic carbocycles. The van der Waals surface area contributed by atoms with Gasteiger partial charge in [0.05, 0.1) is 5.52 Å². The van der Waals surface area contributed by atoms with Gasteiger partial charge in [-0.05, 0) is 31.0 Å². The first-order valence-corrected chi connectivity index (χ1v) is 8.18. The van der Waals surface area contributed by atoms with Crippen molar-refractivity contribution < 1.29 is 9.21 Å². The smallest absolute Gasteiger partial charge is 0.408 e. The van der Waals surface area contributed by atoms with Crippen molar-refractivity contribution in [3.63, 3.8) is 0 Å². The van der Waals surface area contributed by atoms with Crippen molar-refractivity contribution in [3.8, 4) is 0 Å². The summed E-state index contributed by atoms with van der Waals surface area (Å²) in [6.07, 6.45) is 3.51. The van der Waals surface area contributed by atoms with Crippen LogP contribution in [0.15, 0.2) is 39.0 Å². The molecular formula is C15H14N4O3S. The summed E-state index contributed by atoms with van der Waals surface area (Å²) in [6.45, 7) is 0.833. The monoisotopic (exact) mass is 330 g/mol. The van der Waals surface area contributed by atoms with Crippen LogP contribution in [-0.2, 0) is 4.79 Å². The average Bonchev–Trinajstić information content (AvgIpc) is 3.25. The number of H-pyrrole nitrogens is 1. The fourth-order valence-corrected chi connectivity index (χ4v) is 3.60. The summed E-state index contributed by atoms with van der Waals surface area (Å²) in [5.74, 6) is -0.572. The lowest BCUT2D eigenvalue weighted by Gasteiger charge is -2.23. The molecular weight excluding hydrogens is 316 g/mol. The molecule has 1 fully saturated rings. The van der Waals surface area contributed by atoms with E-state index in [-0.39, 0.29) is 11.9 Å². The molecule has 2 aromatic heterocycles. The molecule has 1 aliphatic rings. The lowest BCUT2D eigenvalue weighted by molar-refractivity contribution is -0.117. The van der Waals surface area contributed by atoms with Gasteiger partial charge in [0.1, 0.15) is 6.04 Å². The summed E-state index contributed by atoms with van der Waals surface area (Å²) in [6, 6.07) is 4.86. The third-order valence-electron chi connectivity index (χ3n) is 3.91. The molecule has 1 aliphatic heterocycles. The highest BCUT2D eigenvalue weighted by Gasteiger charge is 2.32. The number of hydrogen-bond acceptors (Lipinski definition) is 6. The molecule has 3 aromatic rings. The molecule has 0 bridgehead atoms. The maximum absolute atomic E-state index is 12.6. The van der Waals surface area contributed by atoms with E-state index in [9.17, 15) is 9.59 Å². The second kappa shape index (κ2) is 5.54. The van der Waals surface area contributed by atoms with Gasteiger partial charge in [0.2, 0.25) is 5.91 Å². The third-order valence-corrected chi connectivity index (χ3v) is 4.72. The van der Waals surface area contributed by atoms with E-state index in [0.717, 1.165) is 24.5 Å². The Labute approximate surface area is 134 Å². The summed E-state index contributed by atoms with van der Waals surface area (Å²) >= 11 is 1.53. The Morgan fingerprint density at radius 3 is 3.22 bits per heavy atom. The van der Waals surface area contributed by atoms with Crippen LogP contribution in [0.5, 0.6) is 0 Å². The van der Waals surface area contributed by atoms with E-state index in [1.807, 2.05) is 10.3 Å². The minimum Gasteiger partial charge on any atom is -0.408 e. The molecule has 7 nitrogen and oxygen atoms in total. The molecule has 3 heterocycles. The fraction of sp³-hybridized carbons (Fsp3) is 0.267. The van der Waals surface area contributed by atoms with E-state index >= 15 is 0 Å². The van der Waals surface area contributed by atoms with Crippen LogP contribution in [0.2, 0.25) is 0 Å². The van der Waals surface area contributed by atoms with Crippen LogP contribution < -0.4 is 16.0 Å². The number of aromatic nitrogens is 2. The van der Waals surface area contributed by atoms with E-state index in [4.69, 9.17) is 4.42 Å². The van der Waals surface area contributed by atoms with Gasteiger partial charge in [-0.2, -0.15) is 0 Å². The number of fused-ring (bicyclic) bond motifs is 1. The topological polar surface area (TPSA) is 91.2 Å². The van der Waals surface area contributed by atoms with E-state index in [1.165, 1.54) is 11.3 Å². The number of nitrogens with one attached hydrogen (secondary N) is 2. The van der Waals surface area contributed by atoms with E-state index in [1.54, 1.807) is 24.4 Å². The van der Waals surface area contributed by atoms with Gasteiger partial charge < -0.3 is 14.6 Å². The van der Waals surface area contributed by atoms with Gasteiger partial charge in [-0.15, -0.1) is 11.3 Å². The molecule has 0 radical (unpaired) electrons. The predicted molar refractivity (Wildman–Crippen MR) is 87.9 cm³/mol. The zero-order chi connectivity index (χ0) is 15.8. The molecule has 8 heteroatoms. The van der Waals surface area contributed by atoms with Gasteiger partial charge >= 0.3 is 5.76 Å². The summed E-state index contributed by atoms with van der Waals surface area (Å²) in [5.41, 5.74) is 1.67. The van der Waals surface area contributed by atoms with Gasteiger partial charge in [-0.1, -0.05) is 0 Å². The zero-order valence-corrected chi connectivity index (χ0v) is 12.9. The second-order valence-electron chi connectivity index (χ2n) is 5.38. The standard InChI is InChI=1S/C15H14N4O3S/c20-13(11-2-1-6-19(11)14-16-5-7-23-14)17-9-3-4-12-10(8-9)18-15(21)22-12/h3-5,7-8,11H,1-2,6H2,(H,17,20)(H,18,21)/t11-/m0/s1. The number of anilines is 2. The van der Waals surface area contributed by atoms with Crippen molar-refractivity contribution in [1.29, 1.82) is 0 Å². The Morgan fingerprint density at radius 2 is 2.39 bits per heavy atom. The van der Waals surface area contributed by atoms with Crippen molar-refractivity contribution in [2.75, 3.05) is 16.8 Å². The second-order valence-corrected chi connectivity index (χ2v) is 6.25. The van der Waals surface area contributed by atoms with Crippen molar-refractivity contribution in [3.05, 3.63) is 40.3 Å². The molecule has 0 unspecified atom stereocenters. The summed E-state index contributed by atoms with van der Waals surface area (Å²) in [5, 5.41) is 5.69. The Morgan fingerprint density at radius 1 is 1.48 bits per heavy atom. The molecule has 1 saturated heterocycles. The van der Waals surface area contributed by atoms with Crippen molar-refractivity contribution >= 4 is 39.2 Å². The van der Waals surface area contributed by atoms with E-state index < -0.39 is 5.76 Å². The lowest BCUT2D eigenvalue weighted by atomic mass is 10.2. The molecule has 0 saturated carbocycles. The molecule has 0 spiro atoms. The SMILES string of the molecule is O=C(Nc1ccc2oc(=O)[nH]c2c1)[C@@H]1CCCN1c1nccs1. The molecule has 1 atom stereocenters. The normalized spacial score (nSPS) is 17.7.